The number of amides is 1. The van der Waals surface area contributed by atoms with Crippen LogP contribution in [-0.4, -0.2) is 22.7 Å². The summed E-state index contributed by atoms with van der Waals surface area (Å²) in [6.45, 7) is 4.68. The van der Waals surface area contributed by atoms with Gasteiger partial charge in [0.2, 0.25) is 5.91 Å². The Labute approximate surface area is 72.2 Å². The SMILES string of the molecule is C[C@H](C#N)NC(=O)CC(C)(C)O. The average Bonchev–Trinajstić information content (AvgIpc) is 1.82. The minimum absolute atomic E-state index is 0.0129. The molecule has 0 saturated heterocycles. The van der Waals surface area contributed by atoms with Crippen molar-refractivity contribution in [1.29, 1.82) is 5.26 Å². The van der Waals surface area contributed by atoms with Crippen molar-refractivity contribution >= 4 is 5.91 Å². The predicted molar refractivity (Wildman–Crippen MR) is 44.1 cm³/mol. The summed E-state index contributed by atoms with van der Waals surface area (Å²) in [6.07, 6.45) is 0.0129. The monoisotopic (exact) mass is 170 g/mol. The van der Waals surface area contributed by atoms with Gasteiger partial charge in [0.05, 0.1) is 18.1 Å². The van der Waals surface area contributed by atoms with Gasteiger partial charge in [-0.1, -0.05) is 0 Å². The van der Waals surface area contributed by atoms with Crippen molar-refractivity contribution in [3.63, 3.8) is 0 Å². The first-order valence-electron chi connectivity index (χ1n) is 3.76. The molecule has 1 atom stereocenters. The molecule has 68 valence electrons. The van der Waals surface area contributed by atoms with E-state index < -0.39 is 11.6 Å². The molecule has 0 radical (unpaired) electrons. The predicted octanol–water partition coefficient (Wildman–Crippen LogP) is 0.176. The Morgan fingerprint density at radius 2 is 2.25 bits per heavy atom. The van der Waals surface area contributed by atoms with Gasteiger partial charge in [0.15, 0.2) is 0 Å². The lowest BCUT2D eigenvalue weighted by atomic mass is 10.1. The molecule has 4 nitrogen and oxygen atoms in total. The van der Waals surface area contributed by atoms with Gasteiger partial charge in [-0.15, -0.1) is 0 Å². The Balaban J connectivity index is 3.85. The fraction of sp³-hybridized carbons (Fsp3) is 0.750. The van der Waals surface area contributed by atoms with Gasteiger partial charge in [-0.2, -0.15) is 5.26 Å². The third-order valence-electron chi connectivity index (χ3n) is 1.16. The van der Waals surface area contributed by atoms with Crippen LogP contribution in [0.5, 0.6) is 0 Å². The van der Waals surface area contributed by atoms with E-state index in [9.17, 15) is 9.90 Å². The number of nitrogens with zero attached hydrogens (tertiary/aromatic N) is 1. The maximum atomic E-state index is 11.0. The largest absolute Gasteiger partial charge is 0.390 e. The van der Waals surface area contributed by atoms with E-state index in [-0.39, 0.29) is 12.3 Å². The van der Waals surface area contributed by atoms with Gasteiger partial charge in [-0.25, -0.2) is 0 Å². The van der Waals surface area contributed by atoms with Crippen molar-refractivity contribution < 1.29 is 9.90 Å². The molecule has 0 aliphatic heterocycles. The Hall–Kier alpha value is -1.08. The molecule has 0 aliphatic rings. The molecule has 4 heteroatoms. The van der Waals surface area contributed by atoms with Crippen molar-refractivity contribution in [1.82, 2.24) is 5.32 Å². The molecule has 0 aromatic heterocycles. The van der Waals surface area contributed by atoms with Crippen LogP contribution in [0.3, 0.4) is 0 Å². The smallest absolute Gasteiger partial charge is 0.223 e. The van der Waals surface area contributed by atoms with E-state index in [0.717, 1.165) is 0 Å². The summed E-state index contributed by atoms with van der Waals surface area (Å²) in [5.74, 6) is -0.309. The first-order valence-corrected chi connectivity index (χ1v) is 3.76. The topological polar surface area (TPSA) is 73.1 Å². The Morgan fingerprint density at radius 1 is 1.75 bits per heavy atom. The minimum atomic E-state index is -1.01. The summed E-state index contributed by atoms with van der Waals surface area (Å²) in [5.41, 5.74) is -1.01. The number of carbonyl (C=O) groups is 1. The van der Waals surface area contributed by atoms with Crippen LogP contribution in [0.15, 0.2) is 0 Å². The summed E-state index contributed by atoms with van der Waals surface area (Å²) in [7, 11) is 0. The zero-order valence-corrected chi connectivity index (χ0v) is 7.59. The average molecular weight is 170 g/mol. The highest BCUT2D eigenvalue weighted by atomic mass is 16.3. The minimum Gasteiger partial charge on any atom is -0.390 e. The van der Waals surface area contributed by atoms with Gasteiger partial charge in [0.1, 0.15) is 6.04 Å². The van der Waals surface area contributed by atoms with E-state index in [4.69, 9.17) is 5.26 Å². The fourth-order valence-corrected chi connectivity index (χ4v) is 0.718. The van der Waals surface area contributed by atoms with Gasteiger partial charge in [-0.3, -0.25) is 4.79 Å². The number of nitrogens with one attached hydrogen (secondary N) is 1. The van der Waals surface area contributed by atoms with Crippen molar-refractivity contribution in [3.05, 3.63) is 0 Å². The van der Waals surface area contributed by atoms with E-state index in [1.807, 2.05) is 6.07 Å². The summed E-state index contributed by atoms with van der Waals surface area (Å²) in [6, 6.07) is 1.37. The van der Waals surface area contributed by atoms with Gasteiger partial charge in [0, 0.05) is 0 Å². The normalized spacial score (nSPS) is 13.2. The van der Waals surface area contributed by atoms with E-state index in [2.05, 4.69) is 5.32 Å². The van der Waals surface area contributed by atoms with Crippen LogP contribution < -0.4 is 5.32 Å². The standard InChI is InChI=1S/C8H14N2O2/c1-6(5-9)10-7(11)4-8(2,3)12/h6,12H,4H2,1-3H3,(H,10,11)/t6-/m1/s1. The van der Waals surface area contributed by atoms with Crippen LogP contribution in [-0.2, 0) is 4.79 Å². The van der Waals surface area contributed by atoms with Crippen LogP contribution in [0, 0.1) is 11.3 Å². The maximum Gasteiger partial charge on any atom is 0.223 e. The molecule has 2 N–H and O–H groups in total. The maximum absolute atomic E-state index is 11.0. The molecule has 0 unspecified atom stereocenters. The molecule has 0 aromatic rings. The Morgan fingerprint density at radius 3 is 2.58 bits per heavy atom. The molecule has 0 saturated carbocycles. The summed E-state index contributed by atoms with van der Waals surface area (Å²) < 4.78 is 0. The zero-order chi connectivity index (χ0) is 9.78. The molecular formula is C8H14N2O2. The highest BCUT2D eigenvalue weighted by Crippen LogP contribution is 2.06. The van der Waals surface area contributed by atoms with Gasteiger partial charge in [0.25, 0.3) is 0 Å². The van der Waals surface area contributed by atoms with E-state index >= 15 is 0 Å². The second-order valence-electron chi connectivity index (χ2n) is 3.41. The molecule has 1 amide bonds. The molecule has 0 heterocycles. The molecule has 0 aliphatic carbocycles. The summed E-state index contributed by atoms with van der Waals surface area (Å²) >= 11 is 0. The third-order valence-corrected chi connectivity index (χ3v) is 1.16. The van der Waals surface area contributed by atoms with Gasteiger partial charge in [-0.05, 0) is 20.8 Å². The second-order valence-corrected chi connectivity index (χ2v) is 3.41. The molecule has 0 rings (SSSR count). The zero-order valence-electron chi connectivity index (χ0n) is 7.59. The second kappa shape index (κ2) is 4.07. The van der Waals surface area contributed by atoms with E-state index in [1.54, 1.807) is 20.8 Å². The number of rotatable bonds is 3. The third kappa shape index (κ3) is 5.69. The molecule has 12 heavy (non-hydrogen) atoms. The van der Waals surface area contributed by atoms with Crippen LogP contribution in [0.1, 0.15) is 27.2 Å². The first kappa shape index (κ1) is 10.9. The highest BCUT2D eigenvalue weighted by molar-refractivity contribution is 5.77. The molecule has 0 fully saturated rings. The lowest BCUT2D eigenvalue weighted by Crippen LogP contribution is -2.36. The number of hydrogen-bond donors (Lipinski definition) is 2. The number of nitriles is 1. The van der Waals surface area contributed by atoms with Gasteiger partial charge >= 0.3 is 0 Å². The van der Waals surface area contributed by atoms with Crippen molar-refractivity contribution in [3.8, 4) is 6.07 Å². The molecule has 0 bridgehead atoms. The molecule has 0 aromatic carbocycles. The van der Waals surface area contributed by atoms with Gasteiger partial charge < -0.3 is 10.4 Å². The summed E-state index contributed by atoms with van der Waals surface area (Å²) in [5, 5.41) is 20.0. The Kier molecular flexibility index (Phi) is 3.71. The number of hydrogen-bond acceptors (Lipinski definition) is 3. The van der Waals surface area contributed by atoms with Crippen LogP contribution in [0.2, 0.25) is 0 Å². The first-order chi connectivity index (χ1) is 5.35. The number of carbonyl (C=O) groups excluding carboxylic acids is 1. The van der Waals surface area contributed by atoms with Crippen molar-refractivity contribution in [2.24, 2.45) is 0 Å². The van der Waals surface area contributed by atoms with Crippen molar-refractivity contribution in [2.75, 3.05) is 0 Å². The molecule has 0 spiro atoms. The highest BCUT2D eigenvalue weighted by Gasteiger charge is 2.18. The van der Waals surface area contributed by atoms with Crippen molar-refractivity contribution in [2.45, 2.75) is 38.8 Å². The quantitative estimate of drug-likeness (QED) is 0.634. The van der Waals surface area contributed by atoms with E-state index in [1.165, 1.54) is 0 Å². The van der Waals surface area contributed by atoms with Crippen LogP contribution >= 0.6 is 0 Å². The lowest BCUT2D eigenvalue weighted by Gasteiger charge is -2.16. The van der Waals surface area contributed by atoms with Crippen LogP contribution in [0.25, 0.3) is 0 Å². The summed E-state index contributed by atoms with van der Waals surface area (Å²) in [4.78, 5) is 11.0. The Bertz CT molecular complexity index is 200. The fourth-order valence-electron chi connectivity index (χ4n) is 0.718. The van der Waals surface area contributed by atoms with Crippen LogP contribution in [0.4, 0.5) is 0 Å². The molecular weight excluding hydrogens is 156 g/mol. The van der Waals surface area contributed by atoms with E-state index in [0.29, 0.717) is 0 Å². The number of aliphatic hydroxyl groups is 1. The lowest BCUT2D eigenvalue weighted by molar-refractivity contribution is -0.125.